The Bertz CT molecular complexity index is 1220. The first-order valence-corrected chi connectivity index (χ1v) is 10.6. The smallest absolute Gasteiger partial charge is 0.340 e. The zero-order valence-corrected chi connectivity index (χ0v) is 18.0. The average Bonchev–Trinajstić information content (AvgIpc) is 3.26. The molecule has 152 valence electrons. The van der Waals surface area contributed by atoms with Gasteiger partial charge in [0.15, 0.2) is 0 Å². The molecule has 30 heavy (non-hydrogen) atoms. The van der Waals surface area contributed by atoms with Crippen LogP contribution in [0.25, 0.3) is 21.5 Å². The molecular formula is C24H22N2O3S. The molecule has 5 nitrogen and oxygen atoms in total. The van der Waals surface area contributed by atoms with Crippen molar-refractivity contribution >= 4 is 28.2 Å². The molecule has 0 bridgehead atoms. The van der Waals surface area contributed by atoms with E-state index in [1.54, 1.807) is 7.11 Å². The molecule has 0 fully saturated rings. The molecule has 0 radical (unpaired) electrons. The predicted molar refractivity (Wildman–Crippen MR) is 119 cm³/mol. The van der Waals surface area contributed by atoms with E-state index in [-0.39, 0.29) is 12.6 Å². The second-order valence-corrected chi connectivity index (χ2v) is 7.71. The summed E-state index contributed by atoms with van der Waals surface area (Å²) in [4.78, 5) is 22.2. The van der Waals surface area contributed by atoms with Gasteiger partial charge < -0.3 is 9.47 Å². The Balaban J connectivity index is 1.56. The van der Waals surface area contributed by atoms with Crippen LogP contribution in [-0.4, -0.2) is 23.0 Å². The maximum atomic E-state index is 12.9. The normalized spacial score (nSPS) is 10.9. The van der Waals surface area contributed by atoms with Gasteiger partial charge in [0.2, 0.25) is 0 Å². The Morgan fingerprint density at radius 1 is 1.07 bits per heavy atom. The third-order valence-corrected chi connectivity index (χ3v) is 5.93. The Labute approximate surface area is 179 Å². The summed E-state index contributed by atoms with van der Waals surface area (Å²) < 4.78 is 11.0. The lowest BCUT2D eigenvalue weighted by Crippen LogP contribution is -2.12. The highest BCUT2D eigenvalue weighted by Crippen LogP contribution is 2.32. The Hall–Kier alpha value is -3.25. The van der Waals surface area contributed by atoms with E-state index in [4.69, 9.17) is 9.47 Å². The molecule has 0 amide bonds. The van der Waals surface area contributed by atoms with Gasteiger partial charge in [0, 0.05) is 10.8 Å². The van der Waals surface area contributed by atoms with Crippen molar-refractivity contribution in [3.8, 4) is 16.3 Å². The van der Waals surface area contributed by atoms with E-state index in [1.807, 2.05) is 67.8 Å². The molecule has 0 aliphatic carbocycles. The fourth-order valence-corrected chi connectivity index (χ4v) is 4.33. The van der Waals surface area contributed by atoms with Crippen LogP contribution in [0, 0.1) is 6.92 Å². The fraction of sp³-hybridized carbons (Fsp3) is 0.208. The molecule has 0 spiro atoms. The maximum absolute atomic E-state index is 12.9. The number of benzene rings is 2. The zero-order chi connectivity index (χ0) is 21.1. The number of para-hydroxylation sites is 2. The summed E-state index contributed by atoms with van der Waals surface area (Å²) in [7, 11) is 1.64. The second kappa shape index (κ2) is 8.63. The van der Waals surface area contributed by atoms with Gasteiger partial charge in [-0.25, -0.2) is 9.78 Å². The second-order valence-electron chi connectivity index (χ2n) is 6.85. The van der Waals surface area contributed by atoms with Crippen molar-refractivity contribution in [2.45, 2.75) is 26.9 Å². The van der Waals surface area contributed by atoms with Gasteiger partial charge in [0.05, 0.1) is 35.1 Å². The van der Waals surface area contributed by atoms with Crippen molar-refractivity contribution in [1.82, 2.24) is 9.97 Å². The number of carbonyl (C=O) groups excluding carboxylic acids is 1. The number of esters is 1. The SMILES string of the molecule is CCc1nc2ccccc2c(C)c1C(=O)OCc1csc(-c2ccccc2OC)n1. The van der Waals surface area contributed by atoms with Crippen LogP contribution in [0.1, 0.15) is 34.2 Å². The molecule has 2 aromatic heterocycles. The van der Waals surface area contributed by atoms with Gasteiger partial charge in [0.1, 0.15) is 17.4 Å². The van der Waals surface area contributed by atoms with Gasteiger partial charge >= 0.3 is 5.97 Å². The van der Waals surface area contributed by atoms with Crippen LogP contribution in [0.4, 0.5) is 0 Å². The molecular weight excluding hydrogens is 396 g/mol. The molecule has 0 N–H and O–H groups in total. The summed E-state index contributed by atoms with van der Waals surface area (Å²) in [6.45, 7) is 4.05. The monoisotopic (exact) mass is 418 g/mol. The molecule has 0 aliphatic heterocycles. The number of hydrogen-bond acceptors (Lipinski definition) is 6. The fourth-order valence-electron chi connectivity index (χ4n) is 3.50. The molecule has 0 saturated carbocycles. The highest BCUT2D eigenvalue weighted by atomic mass is 32.1. The summed E-state index contributed by atoms with van der Waals surface area (Å²) in [6, 6.07) is 15.6. The zero-order valence-electron chi connectivity index (χ0n) is 17.1. The average molecular weight is 419 g/mol. The van der Waals surface area contributed by atoms with Crippen molar-refractivity contribution < 1.29 is 14.3 Å². The maximum Gasteiger partial charge on any atom is 0.340 e. The predicted octanol–water partition coefficient (Wildman–Crippen LogP) is 5.59. The van der Waals surface area contributed by atoms with Crippen LogP contribution in [-0.2, 0) is 17.8 Å². The molecule has 0 aliphatic rings. The lowest BCUT2D eigenvalue weighted by atomic mass is 10.0. The molecule has 2 heterocycles. The van der Waals surface area contributed by atoms with Crippen LogP contribution < -0.4 is 4.74 Å². The molecule has 6 heteroatoms. The minimum atomic E-state index is -0.366. The van der Waals surface area contributed by atoms with Gasteiger partial charge in [-0.3, -0.25) is 4.98 Å². The highest BCUT2D eigenvalue weighted by molar-refractivity contribution is 7.13. The number of aromatic nitrogens is 2. The number of pyridine rings is 1. The van der Waals surface area contributed by atoms with E-state index < -0.39 is 0 Å². The summed E-state index contributed by atoms with van der Waals surface area (Å²) in [5, 5.41) is 3.70. The van der Waals surface area contributed by atoms with Gasteiger partial charge in [-0.1, -0.05) is 37.3 Å². The van der Waals surface area contributed by atoms with Crippen molar-refractivity contribution in [2.75, 3.05) is 7.11 Å². The van der Waals surface area contributed by atoms with E-state index in [2.05, 4.69) is 9.97 Å². The molecule has 0 saturated heterocycles. The number of aryl methyl sites for hydroxylation is 2. The first kappa shape index (κ1) is 20.0. The topological polar surface area (TPSA) is 61.3 Å². The number of ether oxygens (including phenoxy) is 2. The number of carbonyl (C=O) groups is 1. The van der Waals surface area contributed by atoms with Crippen LogP contribution in [0.2, 0.25) is 0 Å². The summed E-state index contributed by atoms with van der Waals surface area (Å²) in [5.41, 5.74) is 4.73. The minimum absolute atomic E-state index is 0.111. The van der Waals surface area contributed by atoms with Crippen LogP contribution in [0.15, 0.2) is 53.9 Å². The van der Waals surface area contributed by atoms with Crippen LogP contribution >= 0.6 is 11.3 Å². The number of methoxy groups -OCH3 is 1. The number of fused-ring (bicyclic) bond motifs is 1. The largest absolute Gasteiger partial charge is 0.496 e. The van der Waals surface area contributed by atoms with E-state index in [1.165, 1.54) is 11.3 Å². The molecule has 0 unspecified atom stereocenters. The highest BCUT2D eigenvalue weighted by Gasteiger charge is 2.20. The van der Waals surface area contributed by atoms with Gasteiger partial charge in [-0.15, -0.1) is 11.3 Å². The van der Waals surface area contributed by atoms with Crippen LogP contribution in [0.5, 0.6) is 5.75 Å². The van der Waals surface area contributed by atoms with Crippen molar-refractivity contribution in [3.05, 3.63) is 76.4 Å². The number of hydrogen-bond donors (Lipinski definition) is 0. The van der Waals surface area contributed by atoms with Crippen molar-refractivity contribution in [3.63, 3.8) is 0 Å². The third-order valence-electron chi connectivity index (χ3n) is 5.01. The van der Waals surface area contributed by atoms with E-state index >= 15 is 0 Å². The van der Waals surface area contributed by atoms with E-state index in [0.29, 0.717) is 17.7 Å². The number of nitrogens with zero attached hydrogens (tertiary/aromatic N) is 2. The number of thiazole rings is 1. The van der Waals surface area contributed by atoms with E-state index in [0.717, 1.165) is 38.5 Å². The van der Waals surface area contributed by atoms with Gasteiger partial charge in [0.25, 0.3) is 0 Å². The molecule has 0 atom stereocenters. The van der Waals surface area contributed by atoms with Gasteiger partial charge in [-0.2, -0.15) is 0 Å². The first-order chi connectivity index (χ1) is 14.6. The summed E-state index contributed by atoms with van der Waals surface area (Å²) in [6.07, 6.45) is 0.657. The Morgan fingerprint density at radius 3 is 2.63 bits per heavy atom. The van der Waals surface area contributed by atoms with Crippen LogP contribution in [0.3, 0.4) is 0 Å². The first-order valence-electron chi connectivity index (χ1n) is 9.75. The standard InChI is InChI=1S/C24H22N2O3S/c1-4-19-22(15(2)17-9-5-7-11-20(17)26-19)24(27)29-13-16-14-30-23(25-16)18-10-6-8-12-21(18)28-3/h5-12,14H,4,13H2,1-3H3. The Kier molecular flexibility index (Phi) is 5.77. The number of rotatable bonds is 6. The quantitative estimate of drug-likeness (QED) is 0.382. The minimum Gasteiger partial charge on any atom is -0.496 e. The van der Waals surface area contributed by atoms with E-state index in [9.17, 15) is 4.79 Å². The lowest BCUT2D eigenvalue weighted by Gasteiger charge is -2.13. The summed E-state index contributed by atoms with van der Waals surface area (Å²) >= 11 is 1.50. The van der Waals surface area contributed by atoms with Gasteiger partial charge in [-0.05, 0) is 37.1 Å². The van der Waals surface area contributed by atoms with Crippen molar-refractivity contribution in [1.29, 1.82) is 0 Å². The molecule has 2 aromatic carbocycles. The summed E-state index contributed by atoms with van der Waals surface area (Å²) in [5.74, 6) is 0.398. The lowest BCUT2D eigenvalue weighted by molar-refractivity contribution is 0.0466. The molecule has 4 rings (SSSR count). The Morgan fingerprint density at radius 2 is 1.83 bits per heavy atom. The third kappa shape index (κ3) is 3.78. The molecule has 4 aromatic rings. The van der Waals surface area contributed by atoms with Crippen molar-refractivity contribution in [2.24, 2.45) is 0 Å².